The van der Waals surface area contributed by atoms with E-state index >= 15 is 0 Å². The number of carbonyl (C=O) groups is 3. The van der Waals surface area contributed by atoms with Gasteiger partial charge in [0.1, 0.15) is 0 Å². The van der Waals surface area contributed by atoms with Gasteiger partial charge in [-0.15, -0.1) is 0 Å². The van der Waals surface area contributed by atoms with Gasteiger partial charge in [-0.25, -0.2) is 18.4 Å². The number of halogens is 3. The van der Waals surface area contributed by atoms with E-state index in [0.29, 0.717) is 11.0 Å². The van der Waals surface area contributed by atoms with E-state index in [1.807, 2.05) is 0 Å². The average molecular weight is 432 g/mol. The zero-order valence-electron chi connectivity index (χ0n) is 13.7. The number of esters is 1. The third kappa shape index (κ3) is 4.43. The number of hydrogen-bond acceptors (Lipinski definition) is 5. The van der Waals surface area contributed by atoms with Crippen LogP contribution in [0.5, 0.6) is 0 Å². The first-order chi connectivity index (χ1) is 12.4. The number of urea groups is 1. The van der Waals surface area contributed by atoms with Gasteiger partial charge in [0.05, 0.1) is 6.04 Å². The van der Waals surface area contributed by atoms with Gasteiger partial charge in [-0.05, 0) is 24.6 Å². The third-order valence-corrected chi connectivity index (χ3v) is 4.14. The Hall–Kier alpha value is -2.36. The zero-order valence-corrected chi connectivity index (χ0v) is 15.3. The number of nitrogens with zero attached hydrogens (tertiary/aromatic N) is 2. The molecule has 1 aliphatic rings. The fourth-order valence-electron chi connectivity index (χ4n) is 2.64. The number of ether oxygens (including phenoxy) is 1. The first-order valence-electron chi connectivity index (χ1n) is 7.63. The molecule has 0 aliphatic carbocycles. The molecule has 26 heavy (non-hydrogen) atoms. The summed E-state index contributed by atoms with van der Waals surface area (Å²) in [6.45, 7) is 1.84. The molecule has 2 unspecified atom stereocenters. The Morgan fingerprint density at radius 1 is 1.42 bits per heavy atom. The van der Waals surface area contributed by atoms with Gasteiger partial charge in [0.2, 0.25) is 6.17 Å². The van der Waals surface area contributed by atoms with E-state index in [4.69, 9.17) is 0 Å². The molecule has 0 spiro atoms. The van der Waals surface area contributed by atoms with Crippen molar-refractivity contribution in [1.29, 1.82) is 0 Å². The summed E-state index contributed by atoms with van der Waals surface area (Å²) in [5.41, 5.74) is 0.785. The lowest BCUT2D eigenvalue weighted by Crippen LogP contribution is -2.53. The molecular formula is C16H16BrF2N3O4. The van der Waals surface area contributed by atoms with E-state index in [1.54, 1.807) is 6.92 Å². The van der Waals surface area contributed by atoms with Gasteiger partial charge in [-0.2, -0.15) is 0 Å². The van der Waals surface area contributed by atoms with Crippen LogP contribution in [-0.2, 0) is 14.3 Å². The summed E-state index contributed by atoms with van der Waals surface area (Å²) in [5, 5.41) is 3.04. The molecule has 10 heteroatoms. The lowest BCUT2D eigenvalue weighted by Gasteiger charge is -2.38. The van der Waals surface area contributed by atoms with Crippen molar-refractivity contribution in [2.24, 2.45) is 4.99 Å². The second-order valence-corrected chi connectivity index (χ2v) is 6.29. The van der Waals surface area contributed by atoms with Crippen molar-refractivity contribution >= 4 is 40.1 Å². The Labute approximate surface area is 156 Å². The maximum atomic E-state index is 13.7. The van der Waals surface area contributed by atoms with Crippen molar-refractivity contribution in [3.05, 3.63) is 35.4 Å². The van der Waals surface area contributed by atoms with Crippen molar-refractivity contribution < 1.29 is 27.9 Å². The fraction of sp³-hybridized carbons (Fsp3) is 0.375. The van der Waals surface area contributed by atoms with Crippen LogP contribution in [0.2, 0.25) is 0 Å². The highest BCUT2D eigenvalue weighted by Gasteiger charge is 2.40. The Morgan fingerprint density at radius 3 is 2.77 bits per heavy atom. The molecule has 1 N–H and O–H groups in total. The van der Waals surface area contributed by atoms with E-state index in [9.17, 15) is 23.2 Å². The van der Waals surface area contributed by atoms with Gasteiger partial charge in [0.25, 0.3) is 0 Å². The molecule has 140 valence electrons. The van der Waals surface area contributed by atoms with Crippen LogP contribution in [0.1, 0.15) is 24.9 Å². The van der Waals surface area contributed by atoms with Crippen LogP contribution in [0.3, 0.4) is 0 Å². The molecule has 1 heterocycles. The van der Waals surface area contributed by atoms with Gasteiger partial charge in [-0.1, -0.05) is 22.0 Å². The Balaban J connectivity index is 2.46. The summed E-state index contributed by atoms with van der Waals surface area (Å²) in [7, 11) is 0. The lowest BCUT2D eigenvalue weighted by atomic mass is 9.97. The second kappa shape index (κ2) is 8.84. The maximum Gasteiger partial charge on any atom is 0.359 e. The molecule has 1 aromatic carbocycles. The minimum Gasteiger partial charge on any atom is -0.392 e. The molecule has 0 radical (unpaired) electrons. The number of carbonyl (C=O) groups excluding carboxylic acids is 3. The molecule has 1 aliphatic heterocycles. The predicted octanol–water partition coefficient (Wildman–Crippen LogP) is 2.30. The summed E-state index contributed by atoms with van der Waals surface area (Å²) < 4.78 is 31.3. The van der Waals surface area contributed by atoms with Crippen molar-refractivity contribution in [1.82, 2.24) is 10.2 Å². The Morgan fingerprint density at radius 2 is 2.15 bits per heavy atom. The molecular weight excluding hydrogens is 416 g/mol. The van der Waals surface area contributed by atoms with Crippen molar-refractivity contribution in [3.63, 3.8) is 0 Å². The number of aliphatic imine (C=N–C) groups is 1. The Bertz CT molecular complexity index is 744. The van der Waals surface area contributed by atoms with Crippen LogP contribution in [0, 0.1) is 11.6 Å². The minimum absolute atomic E-state index is 0.0527. The van der Waals surface area contributed by atoms with Crippen LogP contribution in [0.15, 0.2) is 23.2 Å². The topological polar surface area (TPSA) is 88.1 Å². The summed E-state index contributed by atoms with van der Waals surface area (Å²) in [6.07, 6.45) is -1.21. The largest absolute Gasteiger partial charge is 0.392 e. The first kappa shape index (κ1) is 20.0. The highest BCUT2D eigenvalue weighted by atomic mass is 79.9. The molecule has 0 saturated carbocycles. The molecule has 0 fully saturated rings. The van der Waals surface area contributed by atoms with Crippen LogP contribution < -0.4 is 5.32 Å². The highest BCUT2D eigenvalue weighted by molar-refractivity contribution is 9.09. The molecule has 0 saturated heterocycles. The fourth-order valence-corrected chi connectivity index (χ4v) is 2.84. The maximum absolute atomic E-state index is 13.7. The van der Waals surface area contributed by atoms with Crippen molar-refractivity contribution in [2.75, 3.05) is 11.9 Å². The summed E-state index contributed by atoms with van der Waals surface area (Å²) >= 11 is 3.17. The molecule has 2 atom stereocenters. The number of benzene rings is 1. The highest BCUT2D eigenvalue weighted by Crippen LogP contribution is 2.32. The van der Waals surface area contributed by atoms with Crippen LogP contribution in [-0.4, -0.2) is 47.1 Å². The van der Waals surface area contributed by atoms with Gasteiger partial charge < -0.3 is 10.1 Å². The number of amides is 2. The number of nitrogens with one attached hydrogen (secondary N) is 1. The van der Waals surface area contributed by atoms with Crippen LogP contribution >= 0.6 is 15.9 Å². The molecule has 2 amide bonds. The molecule has 0 bridgehead atoms. The van der Waals surface area contributed by atoms with E-state index in [-0.39, 0.29) is 25.0 Å². The van der Waals surface area contributed by atoms with Gasteiger partial charge in [0, 0.05) is 24.0 Å². The third-order valence-electron chi connectivity index (χ3n) is 3.74. The monoisotopic (exact) mass is 431 g/mol. The number of rotatable bonds is 5. The van der Waals surface area contributed by atoms with Crippen LogP contribution in [0.25, 0.3) is 0 Å². The average Bonchev–Trinajstić information content (AvgIpc) is 2.61. The predicted molar refractivity (Wildman–Crippen MR) is 91.8 cm³/mol. The molecule has 7 nitrogen and oxygen atoms in total. The van der Waals surface area contributed by atoms with Gasteiger partial charge in [-0.3, -0.25) is 14.7 Å². The normalized spacial score (nSPS) is 19.5. The number of alkyl halides is 1. The molecule has 1 aromatic rings. The first-order valence-corrected chi connectivity index (χ1v) is 8.75. The van der Waals surface area contributed by atoms with Crippen LogP contribution in [0.4, 0.5) is 13.6 Å². The smallest absolute Gasteiger partial charge is 0.359 e. The van der Waals surface area contributed by atoms with E-state index in [0.717, 1.165) is 17.0 Å². The molecule has 2 rings (SSSR count). The van der Waals surface area contributed by atoms with E-state index in [2.05, 4.69) is 31.0 Å². The summed E-state index contributed by atoms with van der Waals surface area (Å²) in [6, 6.07) is 1.80. The van der Waals surface area contributed by atoms with E-state index in [1.165, 1.54) is 6.07 Å². The summed E-state index contributed by atoms with van der Waals surface area (Å²) in [4.78, 5) is 40.4. The second-order valence-electron chi connectivity index (χ2n) is 5.49. The zero-order chi connectivity index (χ0) is 19.3. The van der Waals surface area contributed by atoms with E-state index < -0.39 is 35.8 Å². The quantitative estimate of drug-likeness (QED) is 0.335. The van der Waals surface area contributed by atoms with Crippen molar-refractivity contribution in [2.45, 2.75) is 25.6 Å². The SMILES string of the molecule is CC1=NC(C(=O)OC=O)N(C(=O)NCCBr)C(c2ccc(F)c(F)c2)C1. The minimum atomic E-state index is -1.41. The van der Waals surface area contributed by atoms with Gasteiger partial charge >= 0.3 is 18.5 Å². The number of hydrogen-bond donors (Lipinski definition) is 1. The lowest BCUT2D eigenvalue weighted by molar-refractivity contribution is -0.155. The molecule has 0 aromatic heterocycles. The van der Waals surface area contributed by atoms with Gasteiger partial charge in [0.15, 0.2) is 11.6 Å². The summed E-state index contributed by atoms with van der Waals surface area (Å²) in [5.74, 6) is -3.14. The Kier molecular flexibility index (Phi) is 6.78. The standard InChI is InChI=1S/C16H16BrF2N3O4/c1-9-6-13(10-2-3-11(18)12(19)7-10)22(16(25)20-5-4-17)14(21-9)15(24)26-8-23/h2-3,7-8,13-14H,4-6H2,1H3,(H,20,25). The van der Waals surface area contributed by atoms with Crippen molar-refractivity contribution in [3.8, 4) is 0 Å².